The Balaban J connectivity index is 0.00000117. The van der Waals surface area contributed by atoms with Crippen molar-refractivity contribution in [2.45, 2.75) is 6.10 Å². The number of aromatic nitrogens is 2. The molecule has 4 aromatic rings. The zero-order valence-corrected chi connectivity index (χ0v) is 17.7. The largest absolute Gasteiger partial charge is 0.383 e. The van der Waals surface area contributed by atoms with Gasteiger partial charge in [-0.3, -0.25) is 4.98 Å². The van der Waals surface area contributed by atoms with Gasteiger partial charge in [0.05, 0.1) is 10.6 Å². The second kappa shape index (κ2) is 9.90. The van der Waals surface area contributed by atoms with Crippen LogP contribution in [-0.2, 0) is 0 Å². The molecule has 0 saturated heterocycles. The Morgan fingerprint density at radius 3 is 2.31 bits per heavy atom. The first-order valence-electron chi connectivity index (χ1n) is 8.61. The van der Waals surface area contributed by atoms with E-state index in [4.69, 9.17) is 27.7 Å². The molecule has 4 rings (SSSR count). The third-order valence-electron chi connectivity index (χ3n) is 4.24. The maximum Gasteiger partial charge on any atom is 0.175 e. The average Bonchev–Trinajstić information content (AvgIpc) is 3.21. The van der Waals surface area contributed by atoms with E-state index in [1.165, 1.54) is 6.38 Å². The molecule has 1 N–H and O–H groups in total. The summed E-state index contributed by atoms with van der Waals surface area (Å²) in [6, 6.07) is 18.0. The Bertz CT molecular complexity index is 1070. The van der Waals surface area contributed by atoms with Crippen LogP contribution >= 0.6 is 34.8 Å². The molecule has 4 nitrogen and oxygen atoms in total. The molecule has 0 aliphatic carbocycles. The van der Waals surface area contributed by atoms with Crippen LogP contribution in [0.5, 0.6) is 0 Å². The summed E-state index contributed by atoms with van der Waals surface area (Å²) < 4.78 is 5.64. The van der Waals surface area contributed by atoms with Gasteiger partial charge < -0.3 is 9.63 Å². The van der Waals surface area contributed by atoms with Crippen LogP contribution in [0, 0.1) is 0 Å². The van der Waals surface area contributed by atoms with Gasteiger partial charge >= 0.3 is 0 Å². The minimum Gasteiger partial charge on any atom is -0.383 e. The number of hydrogen-bond acceptors (Lipinski definition) is 4. The highest BCUT2D eigenvalue weighted by molar-refractivity contribution is 6.33. The average molecular weight is 448 g/mol. The number of hydrogen-bond donors (Lipinski definition) is 1. The predicted molar refractivity (Wildman–Crippen MR) is 117 cm³/mol. The normalized spacial score (nSPS) is 11.5. The van der Waals surface area contributed by atoms with Gasteiger partial charge in [0.15, 0.2) is 5.76 Å². The Morgan fingerprint density at radius 1 is 0.931 bits per heavy atom. The molecule has 2 aromatic carbocycles. The topological polar surface area (TPSA) is 59.2 Å². The van der Waals surface area contributed by atoms with E-state index in [9.17, 15) is 5.11 Å². The summed E-state index contributed by atoms with van der Waals surface area (Å²) in [5.41, 5.74) is 3.12. The van der Waals surface area contributed by atoms with E-state index in [0.717, 1.165) is 5.56 Å². The standard InChI is InChI=1S/C21H14Cl2N2O2.CH3Cl/c22-15-9-7-13(8-10-15)19-18(20(26)14-4-3-11-24-12-14)21(27-25-19)16-5-1-2-6-17(16)23;1-2/h1-12,20,26H;1H3. The summed E-state index contributed by atoms with van der Waals surface area (Å²) >= 11 is 17.0. The van der Waals surface area contributed by atoms with Crippen LogP contribution in [0.2, 0.25) is 10.0 Å². The summed E-state index contributed by atoms with van der Waals surface area (Å²) in [6.07, 6.45) is 3.75. The molecule has 1 unspecified atom stereocenters. The van der Waals surface area contributed by atoms with Gasteiger partial charge in [-0.2, -0.15) is 0 Å². The molecule has 0 bridgehead atoms. The number of pyridine rings is 1. The van der Waals surface area contributed by atoms with Crippen molar-refractivity contribution in [2.75, 3.05) is 6.38 Å². The zero-order valence-electron chi connectivity index (χ0n) is 15.4. The van der Waals surface area contributed by atoms with Crippen LogP contribution in [0.3, 0.4) is 0 Å². The molecule has 0 radical (unpaired) electrons. The van der Waals surface area contributed by atoms with Crippen LogP contribution < -0.4 is 0 Å². The van der Waals surface area contributed by atoms with Gasteiger partial charge in [0, 0.05) is 40.5 Å². The van der Waals surface area contributed by atoms with Crippen LogP contribution in [0.1, 0.15) is 17.2 Å². The maximum atomic E-state index is 11.1. The first kappa shape index (κ1) is 21.3. The second-order valence-corrected chi connectivity index (χ2v) is 6.79. The lowest BCUT2D eigenvalue weighted by molar-refractivity contribution is 0.220. The van der Waals surface area contributed by atoms with Gasteiger partial charge in [0.2, 0.25) is 0 Å². The Labute approximate surface area is 183 Å². The molecule has 0 spiro atoms. The third-order valence-corrected chi connectivity index (χ3v) is 4.82. The lowest BCUT2D eigenvalue weighted by atomic mass is 9.95. The summed E-state index contributed by atoms with van der Waals surface area (Å²) in [5.74, 6) is 0.418. The highest BCUT2D eigenvalue weighted by atomic mass is 35.5. The van der Waals surface area contributed by atoms with E-state index < -0.39 is 6.10 Å². The van der Waals surface area contributed by atoms with Crippen LogP contribution in [0.25, 0.3) is 22.6 Å². The van der Waals surface area contributed by atoms with E-state index >= 15 is 0 Å². The molecule has 0 aliphatic heterocycles. The van der Waals surface area contributed by atoms with Crippen LogP contribution in [-0.4, -0.2) is 21.6 Å². The van der Waals surface area contributed by atoms with Crippen molar-refractivity contribution in [1.29, 1.82) is 0 Å². The lowest BCUT2D eigenvalue weighted by Crippen LogP contribution is -2.02. The third kappa shape index (κ3) is 4.62. The monoisotopic (exact) mass is 446 g/mol. The van der Waals surface area contributed by atoms with Crippen molar-refractivity contribution in [1.82, 2.24) is 10.1 Å². The molecule has 2 heterocycles. The van der Waals surface area contributed by atoms with Crippen molar-refractivity contribution >= 4 is 34.8 Å². The highest BCUT2D eigenvalue weighted by Crippen LogP contribution is 2.41. The first-order chi connectivity index (χ1) is 14.1. The molecule has 0 fully saturated rings. The summed E-state index contributed by atoms with van der Waals surface area (Å²) in [4.78, 5) is 4.10. The summed E-state index contributed by atoms with van der Waals surface area (Å²) in [5, 5.41) is 16.4. The predicted octanol–water partition coefficient (Wildman–Crippen LogP) is 6.65. The lowest BCUT2D eigenvalue weighted by Gasteiger charge is -2.13. The number of aliphatic hydroxyl groups excluding tert-OH is 1. The van der Waals surface area contributed by atoms with Gasteiger partial charge in [-0.05, 0) is 30.3 Å². The number of rotatable bonds is 4. The summed E-state index contributed by atoms with van der Waals surface area (Å²) in [6.45, 7) is 0. The van der Waals surface area contributed by atoms with Gasteiger partial charge in [0.1, 0.15) is 11.8 Å². The van der Waals surface area contributed by atoms with Gasteiger partial charge in [-0.1, -0.05) is 58.7 Å². The van der Waals surface area contributed by atoms with E-state index in [2.05, 4.69) is 21.7 Å². The molecule has 0 amide bonds. The van der Waals surface area contributed by atoms with Crippen molar-refractivity contribution < 1.29 is 9.63 Å². The molecule has 2 aromatic heterocycles. The van der Waals surface area contributed by atoms with E-state index in [-0.39, 0.29) is 0 Å². The van der Waals surface area contributed by atoms with Crippen molar-refractivity contribution in [3.63, 3.8) is 0 Å². The maximum absolute atomic E-state index is 11.1. The quantitative estimate of drug-likeness (QED) is 0.356. The zero-order chi connectivity index (χ0) is 20.8. The first-order valence-corrected chi connectivity index (χ1v) is 10.1. The van der Waals surface area contributed by atoms with E-state index in [0.29, 0.717) is 38.2 Å². The van der Waals surface area contributed by atoms with E-state index in [1.54, 1.807) is 42.7 Å². The summed E-state index contributed by atoms with van der Waals surface area (Å²) in [7, 11) is 0. The second-order valence-electron chi connectivity index (χ2n) is 5.95. The van der Waals surface area contributed by atoms with Crippen molar-refractivity contribution in [3.05, 3.63) is 94.2 Å². The Hall–Kier alpha value is -2.37. The molecular formula is C22H17Cl3N2O2. The molecular weight excluding hydrogens is 431 g/mol. The van der Waals surface area contributed by atoms with Gasteiger partial charge in [0.25, 0.3) is 0 Å². The van der Waals surface area contributed by atoms with Gasteiger partial charge in [-0.15, -0.1) is 11.6 Å². The fourth-order valence-electron chi connectivity index (χ4n) is 2.91. The smallest absolute Gasteiger partial charge is 0.175 e. The molecule has 1 atom stereocenters. The molecule has 0 saturated carbocycles. The molecule has 29 heavy (non-hydrogen) atoms. The van der Waals surface area contributed by atoms with Crippen LogP contribution in [0.4, 0.5) is 0 Å². The molecule has 148 valence electrons. The molecule has 7 heteroatoms. The minimum absolute atomic E-state index is 0.418. The SMILES string of the molecule is CCl.OC(c1cccnc1)c1c(-c2ccc(Cl)cc2)noc1-c1ccccc1Cl. The number of alkyl halides is 1. The highest BCUT2D eigenvalue weighted by Gasteiger charge is 2.27. The Kier molecular flexibility index (Phi) is 7.29. The van der Waals surface area contributed by atoms with E-state index in [1.807, 2.05) is 30.3 Å². The van der Waals surface area contributed by atoms with Crippen molar-refractivity contribution in [3.8, 4) is 22.6 Å². The number of benzene rings is 2. The molecule has 0 aliphatic rings. The fraction of sp³-hybridized carbons (Fsp3) is 0.0909. The fourth-order valence-corrected chi connectivity index (χ4v) is 3.26. The van der Waals surface area contributed by atoms with Crippen LogP contribution in [0.15, 0.2) is 77.6 Å². The number of halogens is 3. The number of aliphatic hydroxyl groups is 1. The Morgan fingerprint density at radius 2 is 1.66 bits per heavy atom. The van der Waals surface area contributed by atoms with Gasteiger partial charge in [-0.25, -0.2) is 0 Å². The van der Waals surface area contributed by atoms with Crippen molar-refractivity contribution in [2.24, 2.45) is 0 Å². The number of nitrogens with zero attached hydrogens (tertiary/aromatic N) is 2. The minimum atomic E-state index is -0.984.